The van der Waals surface area contributed by atoms with Gasteiger partial charge in [0.15, 0.2) is 6.61 Å². The Morgan fingerprint density at radius 1 is 1.10 bits per heavy atom. The molecule has 2 aromatic rings. The fraction of sp³-hybridized carbons (Fsp3) is 0.125. The van der Waals surface area contributed by atoms with Gasteiger partial charge in [-0.2, -0.15) is 5.10 Å². The van der Waals surface area contributed by atoms with Crippen LogP contribution >= 0.6 is 0 Å². The first-order valence-electron chi connectivity index (χ1n) is 6.42. The van der Waals surface area contributed by atoms with E-state index < -0.39 is 0 Å². The van der Waals surface area contributed by atoms with Crippen molar-refractivity contribution in [3.63, 3.8) is 0 Å². The largest absolute Gasteiger partial charge is 0.497 e. The number of hydrazone groups is 1. The van der Waals surface area contributed by atoms with Crippen LogP contribution < -0.4 is 14.9 Å². The van der Waals surface area contributed by atoms with Gasteiger partial charge in [0.25, 0.3) is 5.91 Å². The zero-order chi connectivity index (χ0) is 14.9. The van der Waals surface area contributed by atoms with Crippen molar-refractivity contribution in [3.8, 4) is 11.5 Å². The Labute approximate surface area is 123 Å². The summed E-state index contributed by atoms with van der Waals surface area (Å²) in [7, 11) is 1.59. The third-order valence-corrected chi connectivity index (χ3v) is 2.63. The number of carbonyl (C=O) groups is 1. The third kappa shape index (κ3) is 4.99. The highest BCUT2D eigenvalue weighted by Gasteiger charge is 2.01. The van der Waals surface area contributed by atoms with E-state index in [0.29, 0.717) is 5.75 Å². The molecule has 0 aliphatic rings. The summed E-state index contributed by atoms with van der Waals surface area (Å²) in [6.07, 6.45) is 1.57. The molecule has 0 fully saturated rings. The molecule has 108 valence electrons. The maximum absolute atomic E-state index is 11.6. The van der Waals surface area contributed by atoms with E-state index in [1.165, 1.54) is 0 Å². The number of rotatable bonds is 6. The molecule has 0 aliphatic heterocycles. The number of methoxy groups -OCH3 is 1. The molecule has 2 rings (SSSR count). The van der Waals surface area contributed by atoms with Gasteiger partial charge in [0.2, 0.25) is 0 Å². The Hall–Kier alpha value is -2.82. The molecule has 0 unspecified atom stereocenters. The number of ether oxygens (including phenoxy) is 2. The van der Waals surface area contributed by atoms with Crippen molar-refractivity contribution in [1.82, 2.24) is 5.43 Å². The van der Waals surface area contributed by atoms with Crippen LogP contribution in [0.3, 0.4) is 0 Å². The minimum Gasteiger partial charge on any atom is -0.497 e. The standard InChI is InChI=1S/C16H16N2O3/c1-20-14-7-9-15(10-8-14)21-12-16(19)18-17-11-13-5-3-2-4-6-13/h2-11H,12H2,1H3,(H,18,19)/b17-11-. The summed E-state index contributed by atoms with van der Waals surface area (Å²) in [5.74, 6) is 1.01. The van der Waals surface area contributed by atoms with Gasteiger partial charge in [0.1, 0.15) is 11.5 Å². The second-order valence-electron chi connectivity index (χ2n) is 4.17. The summed E-state index contributed by atoms with van der Waals surface area (Å²) >= 11 is 0. The fourth-order valence-corrected chi connectivity index (χ4v) is 1.57. The molecule has 0 aromatic heterocycles. The molecule has 1 N–H and O–H groups in total. The first-order chi connectivity index (χ1) is 10.3. The number of nitrogens with zero attached hydrogens (tertiary/aromatic N) is 1. The SMILES string of the molecule is COc1ccc(OCC(=O)N/N=C\c2ccccc2)cc1. The van der Waals surface area contributed by atoms with Crippen molar-refractivity contribution in [3.05, 3.63) is 60.2 Å². The molecule has 1 amide bonds. The maximum Gasteiger partial charge on any atom is 0.277 e. The van der Waals surface area contributed by atoms with Crippen LogP contribution in [0, 0.1) is 0 Å². The number of hydrogen-bond acceptors (Lipinski definition) is 4. The number of hydrogen-bond donors (Lipinski definition) is 1. The predicted octanol–water partition coefficient (Wildman–Crippen LogP) is 2.22. The van der Waals surface area contributed by atoms with Gasteiger partial charge in [-0.15, -0.1) is 0 Å². The molecule has 0 aliphatic carbocycles. The highest BCUT2D eigenvalue weighted by Crippen LogP contribution is 2.16. The van der Waals surface area contributed by atoms with Crippen LogP contribution in [-0.2, 0) is 4.79 Å². The van der Waals surface area contributed by atoms with E-state index in [4.69, 9.17) is 9.47 Å². The van der Waals surface area contributed by atoms with Crippen molar-refractivity contribution in [2.24, 2.45) is 5.10 Å². The summed E-state index contributed by atoms with van der Waals surface area (Å²) in [6, 6.07) is 16.5. The number of carbonyl (C=O) groups excluding carboxylic acids is 1. The van der Waals surface area contributed by atoms with E-state index in [1.807, 2.05) is 30.3 Å². The van der Waals surface area contributed by atoms with Gasteiger partial charge in [-0.1, -0.05) is 30.3 Å². The van der Waals surface area contributed by atoms with E-state index in [0.717, 1.165) is 11.3 Å². The lowest BCUT2D eigenvalue weighted by Gasteiger charge is -2.05. The molecule has 0 spiro atoms. The van der Waals surface area contributed by atoms with Crippen molar-refractivity contribution in [2.45, 2.75) is 0 Å². The van der Waals surface area contributed by atoms with Gasteiger partial charge in [-0.05, 0) is 29.8 Å². The molecule has 2 aromatic carbocycles. The average Bonchev–Trinajstić information content (AvgIpc) is 2.54. The normalized spacial score (nSPS) is 10.3. The van der Waals surface area contributed by atoms with Crippen LogP contribution in [0.25, 0.3) is 0 Å². The van der Waals surface area contributed by atoms with Crippen molar-refractivity contribution >= 4 is 12.1 Å². The maximum atomic E-state index is 11.6. The third-order valence-electron chi connectivity index (χ3n) is 2.63. The van der Waals surface area contributed by atoms with Crippen LogP contribution in [0.15, 0.2) is 59.7 Å². The second kappa shape index (κ2) is 7.69. The minimum atomic E-state index is -0.321. The molecule has 21 heavy (non-hydrogen) atoms. The first-order valence-corrected chi connectivity index (χ1v) is 6.42. The quantitative estimate of drug-likeness (QED) is 0.653. The fourth-order valence-electron chi connectivity index (χ4n) is 1.57. The monoisotopic (exact) mass is 284 g/mol. The highest BCUT2D eigenvalue weighted by atomic mass is 16.5. The van der Waals surface area contributed by atoms with E-state index in [2.05, 4.69) is 10.5 Å². The summed E-state index contributed by atoms with van der Waals surface area (Å²) in [5.41, 5.74) is 3.32. The molecule has 0 saturated carbocycles. The molecule has 5 heteroatoms. The zero-order valence-electron chi connectivity index (χ0n) is 11.7. The summed E-state index contributed by atoms with van der Waals surface area (Å²) in [6.45, 7) is -0.0988. The van der Waals surface area contributed by atoms with Gasteiger partial charge >= 0.3 is 0 Å². The average molecular weight is 284 g/mol. The molecule has 0 saturated heterocycles. The molecular formula is C16H16N2O3. The van der Waals surface area contributed by atoms with Gasteiger partial charge < -0.3 is 9.47 Å². The Morgan fingerprint density at radius 3 is 2.43 bits per heavy atom. The smallest absolute Gasteiger partial charge is 0.277 e. The Morgan fingerprint density at radius 2 is 1.76 bits per heavy atom. The molecule has 0 bridgehead atoms. The van der Waals surface area contributed by atoms with Crippen LogP contribution in [0.4, 0.5) is 0 Å². The summed E-state index contributed by atoms with van der Waals surface area (Å²) in [5, 5.41) is 3.86. The summed E-state index contributed by atoms with van der Waals surface area (Å²) in [4.78, 5) is 11.6. The molecule has 0 heterocycles. The van der Waals surface area contributed by atoms with Crippen LogP contribution in [-0.4, -0.2) is 25.8 Å². The van der Waals surface area contributed by atoms with Crippen molar-refractivity contribution in [2.75, 3.05) is 13.7 Å². The summed E-state index contributed by atoms with van der Waals surface area (Å²) < 4.78 is 10.4. The molecule has 0 atom stereocenters. The minimum absolute atomic E-state index is 0.0988. The Balaban J connectivity index is 1.75. The van der Waals surface area contributed by atoms with E-state index >= 15 is 0 Å². The highest BCUT2D eigenvalue weighted by molar-refractivity contribution is 5.82. The van der Waals surface area contributed by atoms with Crippen LogP contribution in [0.1, 0.15) is 5.56 Å². The first kappa shape index (κ1) is 14.6. The number of benzene rings is 2. The van der Waals surface area contributed by atoms with Crippen LogP contribution in [0.5, 0.6) is 11.5 Å². The Bertz CT molecular complexity index is 595. The second-order valence-corrected chi connectivity index (χ2v) is 4.17. The van der Waals surface area contributed by atoms with Gasteiger partial charge in [-0.3, -0.25) is 4.79 Å². The Kier molecular flexibility index (Phi) is 5.34. The lowest BCUT2D eigenvalue weighted by Crippen LogP contribution is -2.24. The van der Waals surface area contributed by atoms with E-state index in [9.17, 15) is 4.79 Å². The van der Waals surface area contributed by atoms with E-state index in [1.54, 1.807) is 37.6 Å². The van der Waals surface area contributed by atoms with E-state index in [-0.39, 0.29) is 12.5 Å². The van der Waals surface area contributed by atoms with Crippen molar-refractivity contribution in [1.29, 1.82) is 0 Å². The molecule has 5 nitrogen and oxygen atoms in total. The number of nitrogens with one attached hydrogen (secondary N) is 1. The number of amides is 1. The molecular weight excluding hydrogens is 268 g/mol. The van der Waals surface area contributed by atoms with Crippen molar-refractivity contribution < 1.29 is 14.3 Å². The lowest BCUT2D eigenvalue weighted by molar-refractivity contribution is -0.123. The lowest BCUT2D eigenvalue weighted by atomic mass is 10.2. The van der Waals surface area contributed by atoms with Gasteiger partial charge in [-0.25, -0.2) is 5.43 Å². The van der Waals surface area contributed by atoms with Crippen LogP contribution in [0.2, 0.25) is 0 Å². The zero-order valence-corrected chi connectivity index (χ0v) is 11.7. The predicted molar refractivity (Wildman–Crippen MR) is 80.7 cm³/mol. The topological polar surface area (TPSA) is 59.9 Å². The van der Waals surface area contributed by atoms with Gasteiger partial charge in [0, 0.05) is 0 Å². The van der Waals surface area contributed by atoms with Gasteiger partial charge in [0.05, 0.1) is 13.3 Å². The molecule has 0 radical (unpaired) electrons.